The van der Waals surface area contributed by atoms with Gasteiger partial charge in [0.2, 0.25) is 0 Å². The maximum atomic E-state index is 12.8. The number of aryl methyl sites for hydroxylation is 2. The first-order valence-electron chi connectivity index (χ1n) is 10.8. The number of nitrogens with zero attached hydrogens (tertiary/aromatic N) is 3. The van der Waals surface area contributed by atoms with Crippen LogP contribution < -0.4 is 14.8 Å². The van der Waals surface area contributed by atoms with Gasteiger partial charge in [0.25, 0.3) is 5.91 Å². The fraction of sp³-hybridized carbons (Fsp3) is 0.320. The van der Waals surface area contributed by atoms with Crippen LogP contribution in [0.25, 0.3) is 11.1 Å². The quantitative estimate of drug-likeness (QED) is 0.577. The largest absolute Gasteiger partial charge is 0.497 e. The maximum absolute atomic E-state index is 12.8. The number of ether oxygens (including phenoxy) is 2. The van der Waals surface area contributed by atoms with E-state index < -0.39 is 0 Å². The van der Waals surface area contributed by atoms with Gasteiger partial charge in [-0.25, -0.2) is 9.97 Å². The van der Waals surface area contributed by atoms with E-state index in [2.05, 4.69) is 20.2 Å². The summed E-state index contributed by atoms with van der Waals surface area (Å²) in [6, 6.07) is 12.8. The summed E-state index contributed by atoms with van der Waals surface area (Å²) in [6.45, 7) is 7.68. The fourth-order valence-electron chi connectivity index (χ4n) is 3.77. The predicted octanol–water partition coefficient (Wildman–Crippen LogP) is 4.11. The highest BCUT2D eigenvalue weighted by Crippen LogP contribution is 2.35. The lowest BCUT2D eigenvalue weighted by atomic mass is 10.0. The van der Waals surface area contributed by atoms with Crippen molar-refractivity contribution in [3.8, 4) is 22.6 Å². The Morgan fingerprint density at radius 2 is 1.88 bits per heavy atom. The Morgan fingerprint density at radius 1 is 1.09 bits per heavy atom. The Kier molecular flexibility index (Phi) is 6.66. The van der Waals surface area contributed by atoms with Crippen LogP contribution in [0.5, 0.6) is 11.5 Å². The number of carbonyl (C=O) groups is 1. The lowest BCUT2D eigenvalue weighted by Crippen LogP contribution is -2.39. The van der Waals surface area contributed by atoms with E-state index in [1.54, 1.807) is 31.6 Å². The molecule has 1 aliphatic heterocycles. The van der Waals surface area contributed by atoms with Gasteiger partial charge in [-0.05, 0) is 69.8 Å². The Morgan fingerprint density at radius 3 is 2.56 bits per heavy atom. The number of methoxy groups -OCH3 is 1. The zero-order valence-corrected chi connectivity index (χ0v) is 18.7. The summed E-state index contributed by atoms with van der Waals surface area (Å²) in [4.78, 5) is 23.9. The van der Waals surface area contributed by atoms with Gasteiger partial charge in [-0.3, -0.25) is 9.69 Å². The van der Waals surface area contributed by atoms with Crippen LogP contribution in [-0.4, -0.2) is 54.1 Å². The highest BCUT2D eigenvalue weighted by Gasteiger charge is 2.17. The highest BCUT2D eigenvalue weighted by molar-refractivity contribution is 6.05. The van der Waals surface area contributed by atoms with Gasteiger partial charge < -0.3 is 14.8 Å². The minimum atomic E-state index is -0.209. The van der Waals surface area contributed by atoms with Crippen LogP contribution in [0.15, 0.2) is 48.8 Å². The lowest BCUT2D eigenvalue weighted by molar-refractivity contribution is 0.102. The molecule has 1 N–H and O–H groups in total. The summed E-state index contributed by atoms with van der Waals surface area (Å²) in [7, 11) is 1.58. The van der Waals surface area contributed by atoms with Crippen molar-refractivity contribution in [1.82, 2.24) is 14.9 Å². The molecule has 32 heavy (non-hydrogen) atoms. The summed E-state index contributed by atoms with van der Waals surface area (Å²) in [6.07, 6.45) is 2.82. The van der Waals surface area contributed by atoms with E-state index in [0.29, 0.717) is 23.6 Å². The van der Waals surface area contributed by atoms with Crippen LogP contribution in [0.4, 0.5) is 5.69 Å². The molecule has 1 fully saturated rings. The molecule has 1 amide bonds. The number of aromatic nitrogens is 2. The first-order chi connectivity index (χ1) is 15.5. The third-order valence-electron chi connectivity index (χ3n) is 5.68. The van der Waals surface area contributed by atoms with Crippen molar-refractivity contribution in [2.75, 3.05) is 38.7 Å². The third kappa shape index (κ3) is 4.89. The molecule has 166 valence electrons. The van der Waals surface area contributed by atoms with Crippen molar-refractivity contribution in [2.45, 2.75) is 20.3 Å². The minimum absolute atomic E-state index is 0.209. The van der Waals surface area contributed by atoms with Crippen LogP contribution in [0.3, 0.4) is 0 Å². The van der Waals surface area contributed by atoms with Gasteiger partial charge in [0.15, 0.2) is 0 Å². The molecule has 2 heterocycles. The Bertz CT molecular complexity index is 1090. The van der Waals surface area contributed by atoms with Gasteiger partial charge >= 0.3 is 0 Å². The molecule has 7 nitrogen and oxygen atoms in total. The number of amides is 1. The van der Waals surface area contributed by atoms with Crippen molar-refractivity contribution < 1.29 is 14.3 Å². The number of likely N-dealkylation sites (tertiary alicyclic amines) is 1. The highest BCUT2D eigenvalue weighted by atomic mass is 16.5. The SMILES string of the molecule is COc1cccc(C(=O)Nc2ccc(OCCN3CCC3)c(-c3c(C)ncnc3C)c2)c1. The number of hydrogen-bond donors (Lipinski definition) is 1. The summed E-state index contributed by atoms with van der Waals surface area (Å²) in [5.41, 5.74) is 4.71. The van der Waals surface area contributed by atoms with Gasteiger partial charge in [0, 0.05) is 40.3 Å². The van der Waals surface area contributed by atoms with Crippen LogP contribution >= 0.6 is 0 Å². The first kappa shape index (κ1) is 21.8. The smallest absolute Gasteiger partial charge is 0.255 e. The molecule has 0 spiro atoms. The number of anilines is 1. The normalized spacial score (nSPS) is 13.3. The van der Waals surface area contributed by atoms with E-state index >= 15 is 0 Å². The molecule has 7 heteroatoms. The van der Waals surface area contributed by atoms with Crippen molar-refractivity contribution in [3.05, 3.63) is 65.7 Å². The second kappa shape index (κ2) is 9.78. The Balaban J connectivity index is 1.61. The van der Waals surface area contributed by atoms with Crippen molar-refractivity contribution >= 4 is 11.6 Å². The average molecular weight is 433 g/mol. The average Bonchev–Trinajstić information content (AvgIpc) is 2.76. The van der Waals surface area contributed by atoms with Crippen molar-refractivity contribution in [3.63, 3.8) is 0 Å². The molecule has 2 aromatic carbocycles. The molecule has 4 rings (SSSR count). The standard InChI is InChI=1S/C25H28N4O3/c1-17-24(18(2)27-16-26-17)22-15-20(8-9-23(22)32-13-12-29-10-5-11-29)28-25(30)19-6-4-7-21(14-19)31-3/h4,6-9,14-16H,5,10-13H2,1-3H3,(H,28,30). The van der Waals surface area contributed by atoms with Crippen LogP contribution in [0.2, 0.25) is 0 Å². The molecule has 0 saturated carbocycles. The zero-order chi connectivity index (χ0) is 22.5. The number of benzene rings is 2. The van der Waals surface area contributed by atoms with E-state index in [0.717, 1.165) is 47.9 Å². The second-order valence-electron chi connectivity index (χ2n) is 7.86. The molecule has 0 unspecified atom stereocenters. The molecule has 3 aromatic rings. The van der Waals surface area contributed by atoms with Crippen molar-refractivity contribution in [2.24, 2.45) is 0 Å². The number of hydrogen-bond acceptors (Lipinski definition) is 6. The van der Waals surface area contributed by atoms with Gasteiger partial charge in [0.1, 0.15) is 24.4 Å². The van der Waals surface area contributed by atoms with E-state index in [4.69, 9.17) is 9.47 Å². The number of rotatable bonds is 8. The predicted molar refractivity (Wildman–Crippen MR) is 124 cm³/mol. The van der Waals surface area contributed by atoms with E-state index in [1.807, 2.05) is 38.1 Å². The summed E-state index contributed by atoms with van der Waals surface area (Å²) in [5.74, 6) is 1.18. The topological polar surface area (TPSA) is 76.6 Å². The van der Waals surface area contributed by atoms with Gasteiger partial charge in [-0.1, -0.05) is 6.07 Å². The number of carbonyl (C=O) groups excluding carboxylic acids is 1. The zero-order valence-electron chi connectivity index (χ0n) is 18.7. The first-order valence-corrected chi connectivity index (χ1v) is 10.8. The van der Waals surface area contributed by atoms with Crippen molar-refractivity contribution in [1.29, 1.82) is 0 Å². The molecule has 0 radical (unpaired) electrons. The molecule has 1 aromatic heterocycles. The Hall–Kier alpha value is -3.45. The molecule has 1 saturated heterocycles. The fourth-order valence-corrected chi connectivity index (χ4v) is 3.77. The molecule has 1 aliphatic rings. The summed E-state index contributed by atoms with van der Waals surface area (Å²) >= 11 is 0. The van der Waals surface area contributed by atoms with E-state index in [1.165, 1.54) is 6.42 Å². The van der Waals surface area contributed by atoms with Crippen LogP contribution in [0.1, 0.15) is 28.2 Å². The molecular formula is C25H28N4O3. The van der Waals surface area contributed by atoms with Crippen LogP contribution in [0, 0.1) is 13.8 Å². The molecule has 0 bridgehead atoms. The van der Waals surface area contributed by atoms with Gasteiger partial charge in [0.05, 0.1) is 7.11 Å². The van der Waals surface area contributed by atoms with Crippen LogP contribution in [-0.2, 0) is 0 Å². The molecule has 0 atom stereocenters. The lowest BCUT2D eigenvalue weighted by Gasteiger charge is -2.30. The minimum Gasteiger partial charge on any atom is -0.497 e. The van der Waals surface area contributed by atoms with Gasteiger partial charge in [-0.2, -0.15) is 0 Å². The number of nitrogens with one attached hydrogen (secondary N) is 1. The second-order valence-corrected chi connectivity index (χ2v) is 7.86. The molecular weight excluding hydrogens is 404 g/mol. The maximum Gasteiger partial charge on any atom is 0.255 e. The summed E-state index contributed by atoms with van der Waals surface area (Å²) < 4.78 is 11.4. The Labute approximate surface area is 188 Å². The third-order valence-corrected chi connectivity index (χ3v) is 5.68. The van der Waals surface area contributed by atoms with E-state index in [9.17, 15) is 4.79 Å². The van der Waals surface area contributed by atoms with E-state index in [-0.39, 0.29) is 5.91 Å². The van der Waals surface area contributed by atoms with Gasteiger partial charge in [-0.15, -0.1) is 0 Å². The molecule has 0 aliphatic carbocycles. The monoisotopic (exact) mass is 432 g/mol. The summed E-state index contributed by atoms with van der Waals surface area (Å²) in [5, 5.41) is 2.98.